The number of nitrogens with zero attached hydrogens (tertiary/aromatic N) is 1. The van der Waals surface area contributed by atoms with Crippen LogP contribution in [-0.4, -0.2) is 35.8 Å². The average molecular weight is 406 g/mol. The molecule has 0 saturated heterocycles. The number of rotatable bonds is 6. The Morgan fingerprint density at radius 2 is 1.85 bits per heavy atom. The van der Waals surface area contributed by atoms with E-state index in [0.29, 0.717) is 16.1 Å². The minimum absolute atomic E-state index is 0.191. The third-order valence-electron chi connectivity index (χ3n) is 4.12. The molecule has 27 heavy (non-hydrogen) atoms. The van der Waals surface area contributed by atoms with E-state index in [1.807, 2.05) is 0 Å². The Labute approximate surface area is 157 Å². The maximum Gasteiger partial charge on any atom is 0.387 e. The molecule has 1 fully saturated rings. The van der Waals surface area contributed by atoms with Gasteiger partial charge in [0, 0.05) is 22.6 Å². The predicted molar refractivity (Wildman–Crippen MR) is 94.1 cm³/mol. The maximum absolute atomic E-state index is 12.7. The smallest absolute Gasteiger partial charge is 0.387 e. The van der Waals surface area contributed by atoms with Gasteiger partial charge in [-0.1, -0.05) is 24.6 Å². The second-order valence-electron chi connectivity index (χ2n) is 6.04. The third-order valence-corrected chi connectivity index (χ3v) is 5.10. The lowest BCUT2D eigenvalue weighted by molar-refractivity contribution is -0.0543. The normalized spacial score (nSPS) is 22.0. The van der Waals surface area contributed by atoms with E-state index in [2.05, 4.69) is 19.8 Å². The van der Waals surface area contributed by atoms with Crippen molar-refractivity contribution in [2.45, 2.75) is 51.2 Å². The molecule has 3 rings (SSSR count). The fourth-order valence-electron chi connectivity index (χ4n) is 2.94. The van der Waals surface area contributed by atoms with Gasteiger partial charge in [0.1, 0.15) is 11.5 Å². The van der Waals surface area contributed by atoms with Crippen LogP contribution in [-0.2, 0) is 0 Å². The van der Waals surface area contributed by atoms with Crippen LogP contribution >= 0.6 is 11.8 Å². The van der Waals surface area contributed by atoms with Gasteiger partial charge < -0.3 is 19.9 Å². The van der Waals surface area contributed by atoms with Gasteiger partial charge in [-0.15, -0.1) is 0 Å². The first-order valence-corrected chi connectivity index (χ1v) is 9.18. The molecule has 148 valence electrons. The second-order valence-corrected chi connectivity index (χ2v) is 7.10. The summed E-state index contributed by atoms with van der Waals surface area (Å²) in [5, 5.41) is 13.9. The molecule has 2 N–H and O–H groups in total. The highest BCUT2D eigenvalue weighted by molar-refractivity contribution is 8.17. The van der Waals surface area contributed by atoms with Crippen molar-refractivity contribution in [2.24, 2.45) is 4.99 Å². The molecule has 2 aliphatic rings. The number of alkyl halides is 4. The number of amidine groups is 1. The SMILES string of the molecule is OC1N=C(NC2CCCC2)S/C1=C\c1ccc(OC(F)F)cc1OC(F)F. The van der Waals surface area contributed by atoms with Gasteiger partial charge in [0.15, 0.2) is 11.4 Å². The quantitative estimate of drug-likeness (QED) is 0.694. The lowest BCUT2D eigenvalue weighted by Gasteiger charge is -2.12. The Morgan fingerprint density at radius 1 is 1.15 bits per heavy atom. The van der Waals surface area contributed by atoms with E-state index in [9.17, 15) is 22.7 Å². The molecular formula is C17H18F4N2O3S. The van der Waals surface area contributed by atoms with Crippen molar-refractivity contribution >= 4 is 23.0 Å². The van der Waals surface area contributed by atoms with E-state index in [0.717, 1.165) is 31.7 Å². The number of hydrogen-bond donors (Lipinski definition) is 2. The molecule has 0 aromatic heterocycles. The van der Waals surface area contributed by atoms with Crippen LogP contribution in [0.25, 0.3) is 6.08 Å². The molecule has 1 aliphatic heterocycles. The van der Waals surface area contributed by atoms with Gasteiger partial charge in [-0.05, 0) is 31.1 Å². The molecule has 0 amide bonds. The molecule has 1 aliphatic carbocycles. The fourth-order valence-corrected chi connectivity index (χ4v) is 3.89. The lowest BCUT2D eigenvalue weighted by Crippen LogP contribution is -2.29. The molecule has 1 unspecified atom stereocenters. The Bertz CT molecular complexity index is 724. The zero-order valence-electron chi connectivity index (χ0n) is 14.1. The molecule has 1 heterocycles. The summed E-state index contributed by atoms with van der Waals surface area (Å²) in [7, 11) is 0. The van der Waals surface area contributed by atoms with Gasteiger partial charge in [0.25, 0.3) is 0 Å². The van der Waals surface area contributed by atoms with Crippen LogP contribution in [0.15, 0.2) is 28.1 Å². The lowest BCUT2D eigenvalue weighted by atomic mass is 10.1. The summed E-state index contributed by atoms with van der Waals surface area (Å²) in [5.74, 6) is -0.636. The number of nitrogens with one attached hydrogen (secondary N) is 1. The van der Waals surface area contributed by atoms with Gasteiger partial charge in [0.05, 0.1) is 0 Å². The number of aliphatic hydroxyl groups is 1. The first-order valence-electron chi connectivity index (χ1n) is 8.36. The highest BCUT2D eigenvalue weighted by atomic mass is 32.2. The zero-order chi connectivity index (χ0) is 19.4. The number of halogens is 4. The number of aliphatic imine (C=N–C) groups is 1. The fraction of sp³-hybridized carbons (Fsp3) is 0.471. The van der Waals surface area contributed by atoms with Crippen LogP contribution in [0, 0.1) is 0 Å². The molecule has 1 atom stereocenters. The Kier molecular flexibility index (Phi) is 6.48. The number of benzene rings is 1. The van der Waals surface area contributed by atoms with E-state index in [1.165, 1.54) is 30.0 Å². The Morgan fingerprint density at radius 3 is 2.52 bits per heavy atom. The molecule has 0 spiro atoms. The summed E-state index contributed by atoms with van der Waals surface area (Å²) in [6.07, 6.45) is 4.66. The standard InChI is InChI=1S/C17H18F4N2O3S/c18-15(19)25-11-6-5-9(12(8-11)26-16(20)21)7-13-14(24)23-17(27-13)22-10-3-1-2-4-10/h5-8,10,14-16,24H,1-4H2,(H,22,23)/b13-7-. The molecule has 0 bridgehead atoms. The minimum Gasteiger partial charge on any atom is -0.435 e. The van der Waals surface area contributed by atoms with Crippen LogP contribution < -0.4 is 14.8 Å². The summed E-state index contributed by atoms with van der Waals surface area (Å²) in [6.45, 7) is -6.22. The first kappa shape index (κ1) is 19.8. The highest BCUT2D eigenvalue weighted by Gasteiger charge is 2.26. The topological polar surface area (TPSA) is 63.1 Å². The summed E-state index contributed by atoms with van der Waals surface area (Å²) >= 11 is 1.20. The van der Waals surface area contributed by atoms with E-state index >= 15 is 0 Å². The van der Waals surface area contributed by atoms with Crippen LogP contribution in [0.5, 0.6) is 11.5 Å². The van der Waals surface area contributed by atoms with Crippen LogP contribution in [0.3, 0.4) is 0 Å². The first-order chi connectivity index (χ1) is 12.9. The molecule has 1 aromatic carbocycles. The summed E-state index contributed by atoms with van der Waals surface area (Å²) in [4.78, 5) is 4.53. The summed E-state index contributed by atoms with van der Waals surface area (Å²) < 4.78 is 58.6. The van der Waals surface area contributed by atoms with E-state index in [4.69, 9.17) is 0 Å². The monoisotopic (exact) mass is 406 g/mol. The van der Waals surface area contributed by atoms with Crippen LogP contribution in [0.2, 0.25) is 0 Å². The van der Waals surface area contributed by atoms with Crippen molar-refractivity contribution in [3.63, 3.8) is 0 Å². The highest BCUT2D eigenvalue weighted by Crippen LogP contribution is 2.35. The maximum atomic E-state index is 12.7. The van der Waals surface area contributed by atoms with E-state index < -0.39 is 19.5 Å². The van der Waals surface area contributed by atoms with Gasteiger partial charge in [-0.2, -0.15) is 17.6 Å². The number of thioether (sulfide) groups is 1. The van der Waals surface area contributed by atoms with Gasteiger partial charge in [0.2, 0.25) is 0 Å². The van der Waals surface area contributed by atoms with Crippen molar-refractivity contribution in [3.8, 4) is 11.5 Å². The van der Waals surface area contributed by atoms with E-state index in [-0.39, 0.29) is 17.1 Å². The summed E-state index contributed by atoms with van der Waals surface area (Å²) in [5.41, 5.74) is 0.191. The van der Waals surface area contributed by atoms with Crippen molar-refractivity contribution < 1.29 is 32.1 Å². The zero-order valence-corrected chi connectivity index (χ0v) is 14.9. The van der Waals surface area contributed by atoms with Crippen LogP contribution in [0.1, 0.15) is 31.2 Å². The Balaban J connectivity index is 1.76. The predicted octanol–water partition coefficient (Wildman–Crippen LogP) is 4.18. The molecule has 1 aromatic rings. The molecule has 1 saturated carbocycles. The second kappa shape index (κ2) is 8.83. The van der Waals surface area contributed by atoms with Gasteiger partial charge in [-0.25, -0.2) is 4.99 Å². The third kappa shape index (κ3) is 5.52. The Hall–Kier alpha value is -1.94. The van der Waals surface area contributed by atoms with Gasteiger partial charge >= 0.3 is 13.2 Å². The average Bonchev–Trinajstić information content (AvgIpc) is 3.19. The van der Waals surface area contributed by atoms with Crippen LogP contribution in [0.4, 0.5) is 17.6 Å². The molecular weight excluding hydrogens is 388 g/mol. The molecule has 10 heteroatoms. The van der Waals surface area contributed by atoms with Crippen molar-refractivity contribution in [1.29, 1.82) is 0 Å². The number of aliphatic hydroxyl groups excluding tert-OH is 1. The molecule has 5 nitrogen and oxygen atoms in total. The summed E-state index contributed by atoms with van der Waals surface area (Å²) in [6, 6.07) is 3.78. The van der Waals surface area contributed by atoms with E-state index in [1.54, 1.807) is 0 Å². The van der Waals surface area contributed by atoms with Gasteiger partial charge in [-0.3, -0.25) is 0 Å². The van der Waals surface area contributed by atoms with Crippen molar-refractivity contribution in [3.05, 3.63) is 28.7 Å². The number of ether oxygens (including phenoxy) is 2. The van der Waals surface area contributed by atoms with Crippen molar-refractivity contribution in [1.82, 2.24) is 5.32 Å². The minimum atomic E-state index is -3.14. The largest absolute Gasteiger partial charge is 0.435 e. The molecule has 0 radical (unpaired) electrons. The number of hydrogen-bond acceptors (Lipinski definition) is 6. The van der Waals surface area contributed by atoms with Crippen molar-refractivity contribution in [2.75, 3.05) is 0 Å².